The molecule has 1 aliphatic carbocycles. The van der Waals surface area contributed by atoms with Crippen LogP contribution in [0.2, 0.25) is 4.47 Å². The summed E-state index contributed by atoms with van der Waals surface area (Å²) in [6.07, 6.45) is 5.48. The molecule has 0 radical (unpaired) electrons. The van der Waals surface area contributed by atoms with Crippen molar-refractivity contribution in [3.63, 3.8) is 0 Å². The molecule has 1 aromatic rings. The van der Waals surface area contributed by atoms with E-state index in [-0.39, 0.29) is 20.1 Å². The summed E-state index contributed by atoms with van der Waals surface area (Å²) >= 11 is 6.67. The zero-order chi connectivity index (χ0) is 13.4. The Kier molecular flexibility index (Phi) is 4.02. The molecular formula is C11H17ClN2O2S2. The van der Waals surface area contributed by atoms with Crippen LogP contribution in [0.25, 0.3) is 0 Å². The van der Waals surface area contributed by atoms with Crippen molar-refractivity contribution in [1.29, 1.82) is 0 Å². The van der Waals surface area contributed by atoms with Gasteiger partial charge in [-0.05, 0) is 18.3 Å². The Morgan fingerprint density at radius 2 is 2.22 bits per heavy atom. The number of thiazole rings is 1. The lowest BCUT2D eigenvalue weighted by Crippen LogP contribution is -2.46. The van der Waals surface area contributed by atoms with Crippen LogP contribution in [0.15, 0.2) is 10.4 Å². The molecule has 1 aromatic heterocycles. The van der Waals surface area contributed by atoms with E-state index >= 15 is 0 Å². The van der Waals surface area contributed by atoms with E-state index in [0.717, 1.165) is 37.0 Å². The molecule has 102 valence electrons. The zero-order valence-corrected chi connectivity index (χ0v) is 12.8. The number of sulfonamides is 1. The van der Waals surface area contributed by atoms with Crippen LogP contribution in [0.3, 0.4) is 0 Å². The van der Waals surface area contributed by atoms with Gasteiger partial charge in [0.05, 0.1) is 6.20 Å². The summed E-state index contributed by atoms with van der Waals surface area (Å²) in [5, 5.41) is 0. The van der Waals surface area contributed by atoms with Crippen molar-refractivity contribution in [2.24, 2.45) is 5.41 Å². The highest BCUT2D eigenvalue weighted by molar-refractivity contribution is 7.91. The van der Waals surface area contributed by atoms with Crippen LogP contribution in [0.5, 0.6) is 0 Å². The van der Waals surface area contributed by atoms with Gasteiger partial charge in [-0.1, -0.05) is 49.6 Å². The lowest BCUT2D eigenvalue weighted by molar-refractivity contribution is 0.188. The first kappa shape index (κ1) is 14.2. The van der Waals surface area contributed by atoms with Crippen LogP contribution >= 0.6 is 22.9 Å². The SMILES string of the molecule is CC1(C)CCCCC1NS(=O)(=O)c1cnc(Cl)s1. The first-order valence-electron chi connectivity index (χ1n) is 5.95. The van der Waals surface area contributed by atoms with Gasteiger partial charge in [0.15, 0.2) is 8.68 Å². The average molecular weight is 309 g/mol. The molecule has 1 atom stereocenters. The molecule has 0 amide bonds. The predicted molar refractivity (Wildman–Crippen MR) is 73.5 cm³/mol. The van der Waals surface area contributed by atoms with Gasteiger partial charge in [-0.3, -0.25) is 0 Å². The lowest BCUT2D eigenvalue weighted by atomic mass is 9.74. The van der Waals surface area contributed by atoms with Gasteiger partial charge in [-0.25, -0.2) is 18.1 Å². The number of hydrogen-bond donors (Lipinski definition) is 1. The van der Waals surface area contributed by atoms with Gasteiger partial charge in [0.1, 0.15) is 0 Å². The van der Waals surface area contributed by atoms with Crippen molar-refractivity contribution in [2.45, 2.75) is 49.8 Å². The molecule has 0 spiro atoms. The maximum absolute atomic E-state index is 12.2. The Bertz CT molecular complexity index is 525. The van der Waals surface area contributed by atoms with Crippen LogP contribution in [-0.4, -0.2) is 19.4 Å². The van der Waals surface area contributed by atoms with Crippen LogP contribution in [0.4, 0.5) is 0 Å². The van der Waals surface area contributed by atoms with Crippen molar-refractivity contribution in [2.75, 3.05) is 0 Å². The van der Waals surface area contributed by atoms with Crippen molar-refractivity contribution >= 4 is 33.0 Å². The number of aromatic nitrogens is 1. The second-order valence-electron chi connectivity index (χ2n) is 5.34. The average Bonchev–Trinajstić information content (AvgIpc) is 2.69. The van der Waals surface area contributed by atoms with Crippen molar-refractivity contribution in [1.82, 2.24) is 9.71 Å². The van der Waals surface area contributed by atoms with E-state index in [1.165, 1.54) is 6.20 Å². The largest absolute Gasteiger partial charge is 0.251 e. The van der Waals surface area contributed by atoms with E-state index < -0.39 is 10.0 Å². The third-order valence-corrected chi connectivity index (χ3v) is 6.57. The zero-order valence-electron chi connectivity index (χ0n) is 10.4. The summed E-state index contributed by atoms with van der Waals surface area (Å²) in [7, 11) is -3.49. The van der Waals surface area contributed by atoms with Gasteiger partial charge in [0.2, 0.25) is 0 Å². The van der Waals surface area contributed by atoms with Crippen molar-refractivity contribution < 1.29 is 8.42 Å². The topological polar surface area (TPSA) is 59.1 Å². The molecule has 0 aliphatic heterocycles. The Morgan fingerprint density at radius 3 is 2.78 bits per heavy atom. The molecule has 1 unspecified atom stereocenters. The fourth-order valence-electron chi connectivity index (χ4n) is 2.32. The molecule has 1 fully saturated rings. The lowest BCUT2D eigenvalue weighted by Gasteiger charge is -2.38. The Morgan fingerprint density at radius 1 is 1.50 bits per heavy atom. The molecule has 0 aromatic carbocycles. The quantitative estimate of drug-likeness (QED) is 0.933. The Hall–Kier alpha value is -0.170. The summed E-state index contributed by atoms with van der Waals surface area (Å²) in [6.45, 7) is 4.22. The predicted octanol–water partition coefficient (Wildman–Crippen LogP) is 3.04. The van der Waals surface area contributed by atoms with Crippen molar-refractivity contribution in [3.05, 3.63) is 10.7 Å². The van der Waals surface area contributed by atoms with E-state index in [9.17, 15) is 8.42 Å². The monoisotopic (exact) mass is 308 g/mol. The van der Waals surface area contributed by atoms with Gasteiger partial charge in [-0.2, -0.15) is 0 Å². The number of hydrogen-bond acceptors (Lipinski definition) is 4. The highest BCUT2D eigenvalue weighted by atomic mass is 35.5. The summed E-state index contributed by atoms with van der Waals surface area (Å²) in [5.41, 5.74) is -0.000196. The highest BCUT2D eigenvalue weighted by Gasteiger charge is 2.35. The van der Waals surface area contributed by atoms with Gasteiger partial charge >= 0.3 is 0 Å². The molecule has 4 nitrogen and oxygen atoms in total. The van der Waals surface area contributed by atoms with Gasteiger partial charge in [-0.15, -0.1) is 0 Å². The molecule has 0 bridgehead atoms. The fourth-order valence-corrected chi connectivity index (χ4v) is 5.07. The number of halogens is 1. The molecular weight excluding hydrogens is 292 g/mol. The van der Waals surface area contributed by atoms with Gasteiger partial charge < -0.3 is 0 Å². The summed E-state index contributed by atoms with van der Waals surface area (Å²) in [4.78, 5) is 3.78. The third kappa shape index (κ3) is 3.04. The van der Waals surface area contributed by atoms with Gasteiger partial charge in [0.25, 0.3) is 10.0 Å². The first-order valence-corrected chi connectivity index (χ1v) is 8.63. The maximum atomic E-state index is 12.2. The van der Waals surface area contributed by atoms with E-state index in [1.807, 2.05) is 0 Å². The fraction of sp³-hybridized carbons (Fsp3) is 0.727. The van der Waals surface area contributed by atoms with Crippen LogP contribution in [0.1, 0.15) is 39.5 Å². The summed E-state index contributed by atoms with van der Waals surface area (Å²) in [5.74, 6) is 0. The molecule has 0 saturated heterocycles. The highest BCUT2D eigenvalue weighted by Crippen LogP contribution is 2.36. The maximum Gasteiger partial charge on any atom is 0.251 e. The molecule has 18 heavy (non-hydrogen) atoms. The number of rotatable bonds is 3. The smallest absolute Gasteiger partial charge is 0.232 e. The Labute approximate surface area is 117 Å². The molecule has 7 heteroatoms. The van der Waals surface area contributed by atoms with Crippen LogP contribution < -0.4 is 4.72 Å². The molecule has 1 heterocycles. The van der Waals surface area contributed by atoms with Gasteiger partial charge in [0, 0.05) is 6.04 Å². The van der Waals surface area contributed by atoms with Crippen molar-refractivity contribution in [3.8, 4) is 0 Å². The standard InChI is InChI=1S/C11H17ClN2O2S2/c1-11(2)6-4-3-5-8(11)14-18(15,16)9-7-13-10(12)17-9/h7-8,14H,3-6H2,1-2H3. The number of nitrogens with zero attached hydrogens (tertiary/aromatic N) is 1. The van der Waals surface area contributed by atoms with E-state index in [2.05, 4.69) is 23.6 Å². The third-order valence-electron chi connectivity index (χ3n) is 3.53. The van der Waals surface area contributed by atoms with E-state index in [4.69, 9.17) is 11.6 Å². The first-order chi connectivity index (χ1) is 8.31. The van der Waals surface area contributed by atoms with E-state index in [1.54, 1.807) is 0 Å². The minimum atomic E-state index is -3.49. The summed E-state index contributed by atoms with van der Waals surface area (Å²) < 4.78 is 27.6. The normalized spacial score (nSPS) is 24.1. The second kappa shape index (κ2) is 5.07. The molecule has 1 aliphatic rings. The van der Waals surface area contributed by atoms with Crippen LogP contribution in [-0.2, 0) is 10.0 Å². The molecule has 1 saturated carbocycles. The molecule has 2 rings (SSSR count). The number of nitrogens with one attached hydrogen (secondary N) is 1. The minimum Gasteiger partial charge on any atom is -0.232 e. The second-order valence-corrected chi connectivity index (χ2v) is 8.89. The molecule has 1 N–H and O–H groups in total. The Balaban J connectivity index is 2.17. The minimum absolute atomic E-state index is 0.000196. The summed E-state index contributed by atoms with van der Waals surface area (Å²) in [6, 6.07) is -0.0166. The van der Waals surface area contributed by atoms with Crippen LogP contribution in [0, 0.1) is 5.41 Å². The van der Waals surface area contributed by atoms with E-state index in [0.29, 0.717) is 0 Å².